The first kappa shape index (κ1) is 28.4. The molecule has 0 spiro atoms. The average Bonchev–Trinajstić information content (AvgIpc) is 3.78. The Hall–Kier alpha value is -4.41. The fraction of sp³-hybridized carbons (Fsp3) is 0.382. The zero-order valence-corrected chi connectivity index (χ0v) is 25.7. The minimum absolute atomic E-state index is 0.234. The van der Waals surface area contributed by atoms with Gasteiger partial charge in [0.1, 0.15) is 23.0 Å². The Morgan fingerprint density at radius 2 is 1.86 bits per heavy atom. The molecule has 228 valence electrons. The number of rotatable bonds is 7. The van der Waals surface area contributed by atoms with Gasteiger partial charge in [0.15, 0.2) is 0 Å². The monoisotopic (exact) mass is 594 g/mol. The van der Waals surface area contributed by atoms with Crippen LogP contribution in [0.25, 0.3) is 27.7 Å². The van der Waals surface area contributed by atoms with Gasteiger partial charge in [0.25, 0.3) is 5.91 Å². The van der Waals surface area contributed by atoms with Gasteiger partial charge in [-0.3, -0.25) is 19.1 Å². The number of imidazole rings is 1. The molecule has 10 nitrogen and oxygen atoms in total. The highest BCUT2D eigenvalue weighted by Gasteiger charge is 2.33. The smallest absolute Gasteiger partial charge is 0.272 e. The molecule has 0 saturated carbocycles. The summed E-state index contributed by atoms with van der Waals surface area (Å²) in [4.78, 5) is 26.0. The van der Waals surface area contributed by atoms with Gasteiger partial charge < -0.3 is 24.1 Å². The molecule has 10 heteroatoms. The maximum absolute atomic E-state index is 13.5. The predicted molar refractivity (Wildman–Crippen MR) is 170 cm³/mol. The van der Waals surface area contributed by atoms with Gasteiger partial charge in [0.05, 0.1) is 42.3 Å². The molecule has 5 heterocycles. The van der Waals surface area contributed by atoms with E-state index < -0.39 is 0 Å². The van der Waals surface area contributed by atoms with Crippen LogP contribution in [0.2, 0.25) is 0 Å². The lowest BCUT2D eigenvalue weighted by atomic mass is 10.1. The van der Waals surface area contributed by atoms with Crippen molar-refractivity contribution in [3.63, 3.8) is 0 Å². The lowest BCUT2D eigenvalue weighted by molar-refractivity contribution is 0.0419. The number of methoxy groups -OCH3 is 2. The molecule has 2 aliphatic rings. The minimum atomic E-state index is -0.234. The van der Waals surface area contributed by atoms with Gasteiger partial charge in [-0.15, -0.1) is 0 Å². The molecule has 1 atom stereocenters. The zero-order valence-electron chi connectivity index (χ0n) is 25.7. The highest BCUT2D eigenvalue weighted by Crippen LogP contribution is 2.37. The summed E-state index contributed by atoms with van der Waals surface area (Å²) in [7, 11) is 5.12. The van der Waals surface area contributed by atoms with Crippen molar-refractivity contribution in [1.82, 2.24) is 23.8 Å². The number of amides is 1. The van der Waals surface area contributed by atoms with Gasteiger partial charge in [-0.1, -0.05) is 12.1 Å². The number of benzene rings is 2. The van der Waals surface area contributed by atoms with E-state index in [-0.39, 0.29) is 5.91 Å². The molecular weight excluding hydrogens is 556 g/mol. The quantitative estimate of drug-likeness (QED) is 0.268. The maximum atomic E-state index is 13.5. The van der Waals surface area contributed by atoms with Crippen LogP contribution in [0.15, 0.2) is 54.9 Å². The van der Waals surface area contributed by atoms with Crippen molar-refractivity contribution < 1.29 is 19.0 Å². The third kappa shape index (κ3) is 4.88. The Morgan fingerprint density at radius 1 is 1.05 bits per heavy atom. The van der Waals surface area contributed by atoms with Crippen LogP contribution in [0.1, 0.15) is 47.2 Å². The van der Waals surface area contributed by atoms with Gasteiger partial charge in [-0.25, -0.2) is 4.98 Å². The molecule has 0 bridgehead atoms. The van der Waals surface area contributed by atoms with Gasteiger partial charge >= 0.3 is 0 Å². The van der Waals surface area contributed by atoms with E-state index >= 15 is 0 Å². The summed E-state index contributed by atoms with van der Waals surface area (Å²) in [6, 6.07) is 14.0. The van der Waals surface area contributed by atoms with Crippen molar-refractivity contribution in [2.24, 2.45) is 7.05 Å². The van der Waals surface area contributed by atoms with E-state index in [1.165, 1.54) is 0 Å². The topological polar surface area (TPSA) is 95.2 Å². The summed E-state index contributed by atoms with van der Waals surface area (Å²) in [6.07, 6.45) is 7.15. The average molecular weight is 595 g/mol. The number of ether oxygens (including phenoxy) is 3. The van der Waals surface area contributed by atoms with E-state index in [1.807, 2.05) is 73.4 Å². The zero-order chi connectivity index (χ0) is 30.4. The lowest BCUT2D eigenvalue weighted by Gasteiger charge is -2.30. The number of hydrogen-bond acceptors (Lipinski definition) is 7. The summed E-state index contributed by atoms with van der Waals surface area (Å²) >= 11 is 0. The standard InChI is InChI=1S/C34H38N6O4/c1-21-32-31(37-33(40(32)15-13-35-21)23-10-14-39(20-23)24-11-16-44-17-12-24)22-8-9-26(30(18-22)43-4)36-34(41)28-19-25-27(38(28)2)6-5-7-29(25)42-3/h5-9,13,15,18-19,23-24H,10-12,14,16-17,20H2,1-4H3,(H,36,41)/t23-/m1/s1. The summed E-state index contributed by atoms with van der Waals surface area (Å²) in [5.41, 5.74) is 5.72. The number of aromatic nitrogens is 4. The number of nitrogens with zero attached hydrogens (tertiary/aromatic N) is 5. The second-order valence-electron chi connectivity index (χ2n) is 11.7. The van der Waals surface area contributed by atoms with Gasteiger partial charge in [0, 0.05) is 62.1 Å². The van der Waals surface area contributed by atoms with Crippen molar-refractivity contribution in [3.8, 4) is 22.8 Å². The van der Waals surface area contributed by atoms with Crippen LogP contribution in [-0.4, -0.2) is 76.3 Å². The van der Waals surface area contributed by atoms with Gasteiger partial charge in [-0.05, 0) is 63.1 Å². The van der Waals surface area contributed by atoms with E-state index in [2.05, 4.69) is 19.6 Å². The molecular formula is C34H38N6O4. The Labute approximate surface area is 256 Å². The fourth-order valence-corrected chi connectivity index (χ4v) is 6.95. The molecule has 5 aromatic rings. The Morgan fingerprint density at radius 3 is 2.66 bits per heavy atom. The summed E-state index contributed by atoms with van der Waals surface area (Å²) in [5, 5.41) is 3.94. The van der Waals surface area contributed by atoms with E-state index in [4.69, 9.17) is 19.2 Å². The summed E-state index contributed by atoms with van der Waals surface area (Å²) < 4.78 is 21.0. The summed E-state index contributed by atoms with van der Waals surface area (Å²) in [5.74, 6) is 2.45. The molecule has 0 unspecified atom stereocenters. The first-order chi connectivity index (χ1) is 21.5. The number of carbonyl (C=O) groups is 1. The molecule has 1 N–H and O–H groups in total. The van der Waals surface area contributed by atoms with E-state index in [0.717, 1.165) is 90.5 Å². The number of aryl methyl sites for hydroxylation is 2. The molecule has 2 fully saturated rings. The molecule has 3 aromatic heterocycles. The van der Waals surface area contributed by atoms with Crippen LogP contribution in [-0.2, 0) is 11.8 Å². The van der Waals surface area contributed by atoms with Crippen LogP contribution in [0.4, 0.5) is 5.69 Å². The van der Waals surface area contributed by atoms with Gasteiger partial charge in [-0.2, -0.15) is 0 Å². The molecule has 0 radical (unpaired) electrons. The number of fused-ring (bicyclic) bond motifs is 2. The number of nitrogens with one attached hydrogen (secondary N) is 1. The van der Waals surface area contributed by atoms with Crippen LogP contribution in [0.3, 0.4) is 0 Å². The number of likely N-dealkylation sites (tertiary alicyclic amines) is 1. The second kappa shape index (κ2) is 11.6. The molecule has 1 amide bonds. The molecule has 2 aromatic carbocycles. The van der Waals surface area contributed by atoms with Crippen LogP contribution >= 0.6 is 0 Å². The van der Waals surface area contributed by atoms with Crippen molar-refractivity contribution in [3.05, 3.63) is 72.1 Å². The number of carbonyl (C=O) groups excluding carboxylic acids is 1. The lowest BCUT2D eigenvalue weighted by Crippen LogP contribution is -2.37. The highest BCUT2D eigenvalue weighted by atomic mass is 16.5. The third-order valence-electron chi connectivity index (χ3n) is 9.28. The first-order valence-electron chi connectivity index (χ1n) is 15.2. The first-order valence-corrected chi connectivity index (χ1v) is 15.2. The van der Waals surface area contributed by atoms with E-state index in [0.29, 0.717) is 29.1 Å². The van der Waals surface area contributed by atoms with Crippen LogP contribution < -0.4 is 14.8 Å². The number of anilines is 1. The Bertz CT molecular complexity index is 1850. The molecule has 2 aliphatic heterocycles. The largest absolute Gasteiger partial charge is 0.496 e. The predicted octanol–water partition coefficient (Wildman–Crippen LogP) is 5.43. The van der Waals surface area contributed by atoms with Crippen molar-refractivity contribution in [1.29, 1.82) is 0 Å². The van der Waals surface area contributed by atoms with E-state index in [1.54, 1.807) is 14.2 Å². The Kier molecular flexibility index (Phi) is 7.47. The fourth-order valence-electron chi connectivity index (χ4n) is 6.95. The van der Waals surface area contributed by atoms with Gasteiger partial charge in [0.2, 0.25) is 0 Å². The normalized spacial score (nSPS) is 17.9. The molecule has 2 saturated heterocycles. The van der Waals surface area contributed by atoms with Crippen molar-refractivity contribution in [2.75, 3.05) is 45.8 Å². The number of hydrogen-bond donors (Lipinski definition) is 1. The van der Waals surface area contributed by atoms with Crippen molar-refractivity contribution >= 4 is 28.0 Å². The van der Waals surface area contributed by atoms with Crippen LogP contribution in [0, 0.1) is 6.92 Å². The maximum Gasteiger partial charge on any atom is 0.272 e. The molecule has 7 rings (SSSR count). The minimum Gasteiger partial charge on any atom is -0.496 e. The SMILES string of the molecule is COc1cc(-c2nc([C@@H]3CCN(C4CCOCC4)C3)n3ccnc(C)c23)ccc1NC(=O)c1cc2c(OC)cccc2n1C. The third-order valence-corrected chi connectivity index (χ3v) is 9.28. The summed E-state index contributed by atoms with van der Waals surface area (Å²) in [6.45, 7) is 5.80. The van der Waals surface area contributed by atoms with Crippen LogP contribution in [0.5, 0.6) is 11.5 Å². The van der Waals surface area contributed by atoms with E-state index in [9.17, 15) is 4.79 Å². The molecule has 44 heavy (non-hydrogen) atoms. The Balaban J connectivity index is 1.19. The highest BCUT2D eigenvalue weighted by molar-refractivity contribution is 6.08. The molecule has 0 aliphatic carbocycles. The second-order valence-corrected chi connectivity index (χ2v) is 11.7. The van der Waals surface area contributed by atoms with Crippen molar-refractivity contribution in [2.45, 2.75) is 38.1 Å².